The molecule has 2 atom stereocenters. The molecule has 1 aliphatic rings. The van der Waals surface area contributed by atoms with E-state index in [4.69, 9.17) is 0 Å². The normalized spacial score (nSPS) is 22.0. The van der Waals surface area contributed by atoms with E-state index in [0.717, 1.165) is 5.56 Å². The van der Waals surface area contributed by atoms with Crippen molar-refractivity contribution in [2.24, 2.45) is 11.3 Å². The Kier molecular flexibility index (Phi) is 6.51. The highest BCUT2D eigenvalue weighted by molar-refractivity contribution is 5.88. The van der Waals surface area contributed by atoms with E-state index in [9.17, 15) is 27.9 Å². The van der Waals surface area contributed by atoms with Crippen LogP contribution in [0.1, 0.15) is 32.3 Å². The van der Waals surface area contributed by atoms with Crippen molar-refractivity contribution in [3.63, 3.8) is 0 Å². The Hall–Kier alpha value is -2.09. The van der Waals surface area contributed by atoms with Crippen molar-refractivity contribution in [3.8, 4) is 0 Å². The number of alkyl halides is 3. The predicted octanol–water partition coefficient (Wildman–Crippen LogP) is 3.06. The third kappa shape index (κ3) is 5.00. The van der Waals surface area contributed by atoms with E-state index in [1.54, 1.807) is 30.9 Å². The number of carbonyl (C=O) groups is 2. The zero-order valence-corrected chi connectivity index (χ0v) is 15.4. The number of aliphatic carboxylic acids is 1. The first-order chi connectivity index (χ1) is 12.5. The molecule has 0 aliphatic carbocycles. The molecule has 1 aliphatic heterocycles. The van der Waals surface area contributed by atoms with Crippen LogP contribution in [-0.4, -0.2) is 47.2 Å². The van der Waals surface area contributed by atoms with Crippen molar-refractivity contribution in [3.05, 3.63) is 35.9 Å². The fourth-order valence-corrected chi connectivity index (χ4v) is 3.40. The Morgan fingerprint density at radius 3 is 2.41 bits per heavy atom. The minimum absolute atomic E-state index is 0.0722. The van der Waals surface area contributed by atoms with Crippen LogP contribution in [0.4, 0.5) is 13.2 Å². The van der Waals surface area contributed by atoms with E-state index >= 15 is 0 Å². The van der Waals surface area contributed by atoms with Gasteiger partial charge in [0.25, 0.3) is 0 Å². The molecule has 2 N–H and O–H groups in total. The molecule has 0 aromatic heterocycles. The molecule has 1 amide bonds. The molecule has 2 rings (SSSR count). The Labute approximate surface area is 156 Å². The second-order valence-electron chi connectivity index (χ2n) is 7.52. The van der Waals surface area contributed by atoms with Gasteiger partial charge in [0, 0.05) is 13.1 Å². The number of carboxylic acid groups (broad SMARTS) is 1. The standard InChI is InChI=1S/C19H25F3N2O3/c1-13(2)10-15(16(25)26)23-17(27)18(19(20,21)22)8-9-24(12-18)11-14-6-4-3-5-7-14/h3-7,13,15H,8-12H2,1-2H3,(H,23,27)(H,25,26)/t15-,18?/m1/s1. The molecule has 0 bridgehead atoms. The van der Waals surface area contributed by atoms with Gasteiger partial charge < -0.3 is 10.4 Å². The Morgan fingerprint density at radius 1 is 1.26 bits per heavy atom. The SMILES string of the molecule is CC(C)C[C@@H](NC(=O)C1(C(F)(F)F)CCN(Cc2ccccc2)C1)C(=O)O. The molecule has 1 fully saturated rings. The Morgan fingerprint density at radius 2 is 1.89 bits per heavy atom. The van der Waals surface area contributed by atoms with E-state index in [-0.39, 0.29) is 25.3 Å². The van der Waals surface area contributed by atoms with Crippen molar-refractivity contribution >= 4 is 11.9 Å². The van der Waals surface area contributed by atoms with Crippen molar-refractivity contribution in [1.29, 1.82) is 0 Å². The molecule has 1 aromatic carbocycles. The lowest BCUT2D eigenvalue weighted by atomic mass is 9.84. The lowest BCUT2D eigenvalue weighted by Gasteiger charge is -2.32. The molecule has 0 saturated carbocycles. The van der Waals surface area contributed by atoms with Gasteiger partial charge in [-0.05, 0) is 30.9 Å². The highest BCUT2D eigenvalue weighted by Crippen LogP contribution is 2.46. The molecule has 1 saturated heterocycles. The maximum atomic E-state index is 13.9. The third-order valence-electron chi connectivity index (χ3n) is 4.89. The van der Waals surface area contributed by atoms with Crippen molar-refractivity contribution < 1.29 is 27.9 Å². The van der Waals surface area contributed by atoms with Gasteiger partial charge in [-0.2, -0.15) is 13.2 Å². The summed E-state index contributed by atoms with van der Waals surface area (Å²) in [5.41, 5.74) is -1.73. The molecule has 1 heterocycles. The number of hydrogen-bond donors (Lipinski definition) is 2. The molecule has 5 nitrogen and oxygen atoms in total. The first-order valence-electron chi connectivity index (χ1n) is 8.92. The largest absolute Gasteiger partial charge is 0.480 e. The number of halogens is 3. The van der Waals surface area contributed by atoms with Crippen LogP contribution in [0.25, 0.3) is 0 Å². The van der Waals surface area contributed by atoms with Crippen LogP contribution in [-0.2, 0) is 16.1 Å². The first-order valence-corrected chi connectivity index (χ1v) is 8.92. The van der Waals surface area contributed by atoms with Crippen LogP contribution in [0, 0.1) is 11.3 Å². The number of likely N-dealkylation sites (tertiary alicyclic amines) is 1. The molecule has 0 spiro atoms. The summed E-state index contributed by atoms with van der Waals surface area (Å²) >= 11 is 0. The quantitative estimate of drug-likeness (QED) is 0.756. The minimum atomic E-state index is -4.76. The van der Waals surface area contributed by atoms with Crippen LogP contribution in [0.15, 0.2) is 30.3 Å². The van der Waals surface area contributed by atoms with Crippen molar-refractivity contribution in [2.45, 2.75) is 45.5 Å². The fraction of sp³-hybridized carbons (Fsp3) is 0.579. The summed E-state index contributed by atoms with van der Waals surface area (Å²) in [4.78, 5) is 25.5. The van der Waals surface area contributed by atoms with Gasteiger partial charge in [-0.3, -0.25) is 9.69 Å². The second-order valence-corrected chi connectivity index (χ2v) is 7.52. The number of rotatable bonds is 7. The average molecular weight is 386 g/mol. The number of amides is 1. The van der Waals surface area contributed by atoms with E-state index in [1.165, 1.54) is 0 Å². The zero-order chi connectivity index (χ0) is 20.2. The average Bonchev–Trinajstić information content (AvgIpc) is 2.99. The van der Waals surface area contributed by atoms with Gasteiger partial charge in [-0.15, -0.1) is 0 Å². The van der Waals surface area contributed by atoms with Crippen molar-refractivity contribution in [2.75, 3.05) is 13.1 Å². The van der Waals surface area contributed by atoms with E-state index < -0.39 is 36.1 Å². The number of hydrogen-bond acceptors (Lipinski definition) is 3. The van der Waals surface area contributed by atoms with Gasteiger partial charge in [0.2, 0.25) is 5.91 Å². The summed E-state index contributed by atoms with van der Waals surface area (Å²) in [6.45, 7) is 3.44. The molecular weight excluding hydrogens is 361 g/mol. The maximum Gasteiger partial charge on any atom is 0.404 e. The van der Waals surface area contributed by atoms with Gasteiger partial charge in [-0.1, -0.05) is 44.2 Å². The van der Waals surface area contributed by atoms with Crippen LogP contribution in [0.2, 0.25) is 0 Å². The second kappa shape index (κ2) is 8.29. The van der Waals surface area contributed by atoms with Gasteiger partial charge in [-0.25, -0.2) is 4.79 Å². The molecule has 150 valence electrons. The van der Waals surface area contributed by atoms with Gasteiger partial charge >= 0.3 is 12.1 Å². The lowest BCUT2D eigenvalue weighted by molar-refractivity contribution is -0.218. The number of carbonyl (C=O) groups excluding carboxylic acids is 1. The highest BCUT2D eigenvalue weighted by Gasteiger charge is 2.63. The summed E-state index contributed by atoms with van der Waals surface area (Å²) in [5.74, 6) is -2.65. The number of benzene rings is 1. The fourth-order valence-electron chi connectivity index (χ4n) is 3.40. The molecule has 1 aromatic rings. The Balaban J connectivity index is 2.17. The summed E-state index contributed by atoms with van der Waals surface area (Å²) < 4.78 is 41.6. The third-order valence-corrected chi connectivity index (χ3v) is 4.89. The molecule has 27 heavy (non-hydrogen) atoms. The number of carboxylic acids is 1. The number of nitrogens with zero attached hydrogens (tertiary/aromatic N) is 1. The summed E-state index contributed by atoms with van der Waals surface area (Å²) in [5, 5.41) is 11.4. The van der Waals surface area contributed by atoms with Crippen LogP contribution >= 0.6 is 0 Å². The van der Waals surface area contributed by atoms with Gasteiger partial charge in [0.1, 0.15) is 6.04 Å². The lowest BCUT2D eigenvalue weighted by Crippen LogP contribution is -2.56. The first kappa shape index (κ1) is 21.2. The summed E-state index contributed by atoms with van der Waals surface area (Å²) in [7, 11) is 0. The van der Waals surface area contributed by atoms with Crippen LogP contribution in [0.5, 0.6) is 0 Å². The smallest absolute Gasteiger partial charge is 0.404 e. The van der Waals surface area contributed by atoms with Crippen molar-refractivity contribution in [1.82, 2.24) is 10.2 Å². The zero-order valence-electron chi connectivity index (χ0n) is 15.4. The topological polar surface area (TPSA) is 69.6 Å². The minimum Gasteiger partial charge on any atom is -0.480 e. The molecule has 8 heteroatoms. The highest BCUT2D eigenvalue weighted by atomic mass is 19.4. The van der Waals surface area contributed by atoms with E-state index in [2.05, 4.69) is 5.32 Å². The summed E-state index contributed by atoms with van der Waals surface area (Å²) in [6, 6.07) is 7.73. The predicted molar refractivity (Wildman–Crippen MR) is 93.8 cm³/mol. The number of nitrogens with one attached hydrogen (secondary N) is 1. The van der Waals surface area contributed by atoms with E-state index in [0.29, 0.717) is 6.54 Å². The van der Waals surface area contributed by atoms with Crippen LogP contribution in [0.3, 0.4) is 0 Å². The Bertz CT molecular complexity index is 664. The molecular formula is C19H25F3N2O3. The van der Waals surface area contributed by atoms with Gasteiger partial charge in [0.15, 0.2) is 5.41 Å². The van der Waals surface area contributed by atoms with E-state index in [1.807, 2.05) is 18.2 Å². The molecule has 1 unspecified atom stereocenters. The maximum absolute atomic E-state index is 13.9. The molecule has 0 radical (unpaired) electrons. The monoisotopic (exact) mass is 386 g/mol. The van der Waals surface area contributed by atoms with Crippen LogP contribution < -0.4 is 5.32 Å². The summed E-state index contributed by atoms with van der Waals surface area (Å²) in [6.07, 6.45) is -5.07. The van der Waals surface area contributed by atoms with Gasteiger partial charge in [0.05, 0.1) is 0 Å².